The second-order valence-corrected chi connectivity index (χ2v) is 37.5. The highest BCUT2D eigenvalue weighted by Crippen LogP contribution is 2.53. The molecule has 24 nitrogen and oxygen atoms in total. The molecule has 32 heteroatoms. The second-order valence-electron chi connectivity index (χ2n) is 28.6. The highest BCUT2D eigenvalue weighted by molar-refractivity contribution is 7.92. The fourth-order valence-corrected chi connectivity index (χ4v) is 22.5. The van der Waals surface area contributed by atoms with Gasteiger partial charge in [-0.05, 0) is 201 Å². The summed E-state index contributed by atoms with van der Waals surface area (Å²) in [6.45, 7) is 7.41. The number of allylic oxidation sites excluding steroid dienone is 4. The molecular formula is C71H82B4N8O16S4. The van der Waals surface area contributed by atoms with Crippen molar-refractivity contribution < 1.29 is 72.4 Å². The lowest BCUT2D eigenvalue weighted by Crippen LogP contribution is -2.34. The number of aromatic nitrogens is 8. The van der Waals surface area contributed by atoms with E-state index in [-0.39, 0.29) is 87.6 Å². The summed E-state index contributed by atoms with van der Waals surface area (Å²) < 4.78 is 119. The van der Waals surface area contributed by atoms with Gasteiger partial charge >= 0.3 is 28.5 Å². The van der Waals surface area contributed by atoms with Gasteiger partial charge in [0.05, 0.1) is 52.7 Å². The van der Waals surface area contributed by atoms with Crippen LogP contribution in [0.1, 0.15) is 113 Å². The van der Waals surface area contributed by atoms with E-state index in [2.05, 4.69) is 39.9 Å². The molecular weight excluding hydrogens is 1390 g/mol. The molecule has 4 saturated carbocycles. The summed E-state index contributed by atoms with van der Waals surface area (Å²) >= 11 is 0. The van der Waals surface area contributed by atoms with Crippen LogP contribution >= 0.6 is 0 Å². The van der Waals surface area contributed by atoms with Gasteiger partial charge in [-0.25, -0.2) is 53.6 Å². The van der Waals surface area contributed by atoms with Gasteiger partial charge in [0, 0.05) is 85.8 Å². The molecule has 12 heterocycles. The predicted octanol–water partition coefficient (Wildman–Crippen LogP) is 9.41. The molecule has 0 amide bonds. The average Bonchev–Trinajstić information content (AvgIpc) is 1.67. The van der Waals surface area contributed by atoms with Gasteiger partial charge < -0.3 is 58.6 Å². The van der Waals surface area contributed by atoms with E-state index in [0.29, 0.717) is 40.7 Å². The van der Waals surface area contributed by atoms with E-state index in [9.17, 15) is 53.8 Å². The zero-order chi connectivity index (χ0) is 72.3. The molecule has 9 aromatic rings. The van der Waals surface area contributed by atoms with Crippen molar-refractivity contribution in [1.29, 1.82) is 0 Å². The molecule has 4 aliphatic carbocycles. The first-order valence-electron chi connectivity index (χ1n) is 35.3. The third kappa shape index (κ3) is 15.5. The van der Waals surface area contributed by atoms with Gasteiger partial charge in [0.15, 0.2) is 29.5 Å². The molecule has 0 bridgehead atoms. The van der Waals surface area contributed by atoms with Crippen LogP contribution in [-0.2, 0) is 39.3 Å². The van der Waals surface area contributed by atoms with Crippen LogP contribution in [0.2, 0.25) is 0 Å². The number of H-pyrrole nitrogens is 4. The van der Waals surface area contributed by atoms with Crippen molar-refractivity contribution in [1.82, 2.24) is 39.9 Å². The lowest BCUT2D eigenvalue weighted by molar-refractivity contribution is 0.272. The summed E-state index contributed by atoms with van der Waals surface area (Å²) in [6.07, 6.45) is 21.7. The smallest absolute Gasteiger partial charge is 0.531 e. The fraction of sp³-hybridized carbons (Fsp3) is 0.408. The van der Waals surface area contributed by atoms with Gasteiger partial charge in [0.25, 0.3) is 0 Å². The summed E-state index contributed by atoms with van der Waals surface area (Å²) in [5.41, 5.74) is 12.2. The molecule has 0 unspecified atom stereocenters. The quantitative estimate of drug-likeness (QED) is 0.0371. The average molecular weight is 1470 g/mol. The standard InChI is InChI=1S/C21H21BN2O4S.2C17H21BN2O4S.C16H19BN2O4S/c1-13-2-4-16(5-3-13)29(26,27)12-14-8-15(9-14)18-10-22(25)28-19-11-24-21-17(20(18)19)6-7-23-21;2*1-2-5-25(22,23)10-11-6-12(7-11)14-8-18(21)24-15-9-20-17-13(16(14)15)3-4-19-17;1-2-24(21,22)9-10-5-11(6-10)13-7-17(20)23-14-8-19-16-12(15(13)14)3-4-18-16/h2-7,10-11,14-15,25H,8-9,12H2,1H3,(H,23,24);2*3-4,8-9,11-12,21H,2,5-7,10H2,1H3,(H,19,20);3-4,7-8,10-11,20H,2,5-6,9H2,1H3,(H,18,19). The number of aromatic amines is 4. The van der Waals surface area contributed by atoms with Crippen LogP contribution in [0.15, 0.2) is 127 Å². The van der Waals surface area contributed by atoms with Crippen LogP contribution in [0.4, 0.5) is 0 Å². The molecule has 8 aliphatic rings. The molecule has 8 aromatic heterocycles. The number of nitrogens with one attached hydrogen (secondary N) is 4. The Bertz CT molecular complexity index is 5140. The molecule has 0 saturated heterocycles. The number of rotatable bonds is 18. The van der Waals surface area contributed by atoms with Gasteiger partial charge in [-0.15, -0.1) is 0 Å². The van der Waals surface area contributed by atoms with Crippen LogP contribution in [-0.4, -0.2) is 162 Å². The van der Waals surface area contributed by atoms with E-state index in [1.54, 1.807) is 67.7 Å². The molecule has 538 valence electrons. The highest BCUT2D eigenvalue weighted by atomic mass is 32.2. The number of sulfone groups is 4. The SMILES string of the molecule is CCCS(=O)(=O)CC1CC(C2=CB(O)Oc3cnc4[nH]ccc4c32)C1.CCCS(=O)(=O)CC1CC(C2=CB(O)Oc3cnc4[nH]ccc4c32)C1.CCS(=O)(=O)CC1CC(C2=CB(O)Oc3cnc4[nH]ccc4c32)C1.Cc1ccc(S(=O)(=O)CC2CC(C3=CB(O)Oc4cnc5[nH]ccc5c43)C2)cc1. The Kier molecular flexibility index (Phi) is 20.4. The minimum absolute atomic E-state index is 0.110. The maximum atomic E-state index is 12.7. The summed E-state index contributed by atoms with van der Waals surface area (Å²) in [5.74, 6) is 12.6. The lowest BCUT2D eigenvalue weighted by Gasteiger charge is -2.38. The highest BCUT2D eigenvalue weighted by Gasteiger charge is 2.44. The second kappa shape index (κ2) is 29.2. The van der Waals surface area contributed by atoms with Crippen LogP contribution in [0.5, 0.6) is 23.0 Å². The number of fused-ring (bicyclic) bond motifs is 12. The van der Waals surface area contributed by atoms with Crippen molar-refractivity contribution in [2.45, 2.75) is 96.8 Å². The third-order valence-electron chi connectivity index (χ3n) is 21.1. The maximum Gasteiger partial charge on any atom is 0.552 e. The van der Waals surface area contributed by atoms with Crippen molar-refractivity contribution in [2.24, 2.45) is 47.3 Å². The molecule has 17 rings (SSSR count). The minimum atomic E-state index is -3.30. The monoisotopic (exact) mass is 1470 g/mol. The van der Waals surface area contributed by atoms with Gasteiger partial charge in [-0.1, -0.05) is 38.5 Å². The lowest BCUT2D eigenvalue weighted by atomic mass is 9.66. The van der Waals surface area contributed by atoms with E-state index in [1.807, 2.05) is 82.0 Å². The Morgan fingerprint density at radius 2 is 0.670 bits per heavy atom. The fourth-order valence-electron chi connectivity index (χ4n) is 16.1. The zero-order valence-electron chi connectivity index (χ0n) is 57.6. The van der Waals surface area contributed by atoms with Crippen LogP contribution in [0.3, 0.4) is 0 Å². The summed E-state index contributed by atoms with van der Waals surface area (Å²) in [4.78, 5) is 30.0. The van der Waals surface area contributed by atoms with Gasteiger partial charge in [0.2, 0.25) is 0 Å². The molecule has 0 atom stereocenters. The van der Waals surface area contributed by atoms with E-state index in [0.717, 1.165) is 146 Å². The topological polar surface area (TPSA) is 369 Å². The number of hydrogen-bond acceptors (Lipinski definition) is 20. The molecule has 8 N–H and O–H groups in total. The Morgan fingerprint density at radius 1 is 0.398 bits per heavy atom. The molecule has 4 fully saturated rings. The van der Waals surface area contributed by atoms with Crippen LogP contribution in [0, 0.1) is 54.3 Å². The Balaban J connectivity index is 0.000000116. The molecule has 1 aromatic carbocycles. The van der Waals surface area contributed by atoms with Crippen molar-refractivity contribution in [2.75, 3.05) is 40.3 Å². The van der Waals surface area contributed by atoms with Gasteiger partial charge in [-0.2, -0.15) is 0 Å². The normalized spacial score (nSPS) is 22.6. The number of pyridine rings is 4. The summed E-state index contributed by atoms with van der Waals surface area (Å²) in [6, 6.07) is 14.8. The predicted molar refractivity (Wildman–Crippen MR) is 401 cm³/mol. The van der Waals surface area contributed by atoms with E-state index in [4.69, 9.17) is 18.6 Å². The summed E-state index contributed by atoms with van der Waals surface area (Å²) in [5, 5.41) is 44.0. The molecule has 4 aliphatic heterocycles. The van der Waals surface area contributed by atoms with Crippen molar-refractivity contribution in [3.63, 3.8) is 0 Å². The third-order valence-corrected chi connectivity index (χ3v) is 28.9. The van der Waals surface area contributed by atoms with E-state index in [1.165, 1.54) is 0 Å². The molecule has 0 spiro atoms. The Labute approximate surface area is 600 Å². The molecule has 103 heavy (non-hydrogen) atoms. The number of aryl methyl sites for hydroxylation is 1. The van der Waals surface area contributed by atoms with E-state index < -0.39 is 67.8 Å². The van der Waals surface area contributed by atoms with E-state index >= 15 is 0 Å². The Morgan fingerprint density at radius 3 is 0.942 bits per heavy atom. The number of nitrogens with zero attached hydrogens (tertiary/aromatic N) is 4. The maximum absolute atomic E-state index is 12.7. The van der Waals surface area contributed by atoms with Gasteiger partial charge in [0.1, 0.15) is 55.4 Å². The number of hydrogen-bond donors (Lipinski definition) is 8. The zero-order valence-corrected chi connectivity index (χ0v) is 60.9. The van der Waals surface area contributed by atoms with Gasteiger partial charge in [-0.3, -0.25) is 0 Å². The van der Waals surface area contributed by atoms with Crippen molar-refractivity contribution >= 4 is 134 Å². The molecule has 0 radical (unpaired) electrons. The van der Waals surface area contributed by atoms with Crippen LogP contribution in [0.25, 0.3) is 66.4 Å². The first-order chi connectivity index (χ1) is 49.3. The largest absolute Gasteiger partial charge is 0.552 e. The summed E-state index contributed by atoms with van der Waals surface area (Å²) in [7, 11) is -16.1. The first kappa shape index (κ1) is 72.0. The minimum Gasteiger partial charge on any atom is -0.531 e. The van der Waals surface area contributed by atoms with Crippen molar-refractivity contribution in [3.05, 3.63) is 150 Å². The Hall–Kier alpha value is -7.96. The van der Waals surface area contributed by atoms with Crippen LogP contribution < -0.4 is 18.6 Å². The first-order valence-corrected chi connectivity index (χ1v) is 42.4. The van der Waals surface area contributed by atoms with Crippen molar-refractivity contribution in [3.8, 4) is 23.0 Å². The number of benzene rings is 1.